The molecule has 1 aliphatic carbocycles. The predicted molar refractivity (Wildman–Crippen MR) is 132 cm³/mol. The van der Waals surface area contributed by atoms with Crippen LogP contribution < -0.4 is 21.3 Å². The van der Waals surface area contributed by atoms with Crippen molar-refractivity contribution in [1.82, 2.24) is 14.9 Å². The van der Waals surface area contributed by atoms with Crippen molar-refractivity contribution in [1.29, 1.82) is 0 Å². The van der Waals surface area contributed by atoms with Crippen molar-refractivity contribution in [3.8, 4) is 0 Å². The standard InChI is InChI=1S/C25H29N7O/c1-31-10-12-32(13-11-31)18-8-9-23(27-15-18)30-24-14-22(20(16-28-24)25(26)33)29-21-5-3-2-4-19(21)17-6-7-17/h2-5,8-9,14-17H,6-7,10-13H2,1H3,(H2,26,33)(H2,27,28,29,30). The number of benzene rings is 1. The zero-order valence-electron chi connectivity index (χ0n) is 18.8. The van der Waals surface area contributed by atoms with E-state index in [1.54, 1.807) is 6.07 Å². The summed E-state index contributed by atoms with van der Waals surface area (Å²) in [5.74, 6) is 1.34. The van der Waals surface area contributed by atoms with Gasteiger partial charge in [-0.25, -0.2) is 9.97 Å². The van der Waals surface area contributed by atoms with Crippen molar-refractivity contribution in [2.45, 2.75) is 18.8 Å². The second-order valence-corrected chi connectivity index (χ2v) is 8.78. The van der Waals surface area contributed by atoms with Crippen LogP contribution >= 0.6 is 0 Å². The minimum Gasteiger partial charge on any atom is -0.368 e. The first-order valence-corrected chi connectivity index (χ1v) is 11.4. The molecule has 1 aromatic carbocycles. The molecule has 0 bridgehead atoms. The van der Waals surface area contributed by atoms with E-state index in [4.69, 9.17) is 5.73 Å². The van der Waals surface area contributed by atoms with E-state index < -0.39 is 5.91 Å². The first-order chi connectivity index (χ1) is 16.1. The molecule has 1 saturated carbocycles. The van der Waals surface area contributed by atoms with Crippen molar-refractivity contribution in [3.05, 3.63) is 66.0 Å². The molecule has 0 spiro atoms. The van der Waals surface area contributed by atoms with Gasteiger partial charge in [0.15, 0.2) is 0 Å². The highest BCUT2D eigenvalue weighted by Gasteiger charge is 2.26. The van der Waals surface area contributed by atoms with E-state index >= 15 is 0 Å². The molecule has 8 heteroatoms. The van der Waals surface area contributed by atoms with Crippen molar-refractivity contribution >= 4 is 34.6 Å². The van der Waals surface area contributed by atoms with Crippen LogP contribution in [0.3, 0.4) is 0 Å². The van der Waals surface area contributed by atoms with Gasteiger partial charge in [0.1, 0.15) is 11.6 Å². The maximum Gasteiger partial charge on any atom is 0.252 e. The average molecular weight is 444 g/mol. The smallest absolute Gasteiger partial charge is 0.252 e. The number of pyridine rings is 2. The molecule has 8 nitrogen and oxygen atoms in total. The summed E-state index contributed by atoms with van der Waals surface area (Å²) in [6.07, 6.45) is 5.78. The SMILES string of the molecule is CN1CCN(c2ccc(Nc3cc(Nc4ccccc4C4CC4)c(C(N)=O)cn3)nc2)CC1. The molecule has 0 radical (unpaired) electrons. The third-order valence-electron chi connectivity index (χ3n) is 6.29. The van der Waals surface area contributed by atoms with Crippen LogP contribution in [0, 0.1) is 0 Å². The van der Waals surface area contributed by atoms with E-state index in [2.05, 4.69) is 49.6 Å². The first-order valence-electron chi connectivity index (χ1n) is 11.4. The largest absolute Gasteiger partial charge is 0.368 e. The average Bonchev–Trinajstić information content (AvgIpc) is 3.66. The fourth-order valence-corrected chi connectivity index (χ4v) is 4.17. The number of anilines is 5. The number of amides is 1. The number of hydrogen-bond donors (Lipinski definition) is 3. The summed E-state index contributed by atoms with van der Waals surface area (Å²) in [5, 5.41) is 6.66. The molecule has 2 fully saturated rings. The summed E-state index contributed by atoms with van der Waals surface area (Å²) in [6.45, 7) is 4.10. The molecule has 4 N–H and O–H groups in total. The first kappa shape index (κ1) is 21.2. The Morgan fingerprint density at radius 3 is 2.39 bits per heavy atom. The molecule has 33 heavy (non-hydrogen) atoms. The minimum atomic E-state index is -0.518. The van der Waals surface area contributed by atoms with Gasteiger partial charge in [0, 0.05) is 44.1 Å². The van der Waals surface area contributed by atoms with Gasteiger partial charge in [-0.15, -0.1) is 0 Å². The van der Waals surface area contributed by atoms with Crippen LogP contribution in [0.1, 0.15) is 34.7 Å². The number of primary amides is 1. The molecule has 0 atom stereocenters. The summed E-state index contributed by atoms with van der Waals surface area (Å²) in [6, 6.07) is 14.0. The third-order valence-corrected chi connectivity index (χ3v) is 6.29. The van der Waals surface area contributed by atoms with Gasteiger partial charge in [0.25, 0.3) is 5.91 Å². The van der Waals surface area contributed by atoms with Crippen LogP contribution in [-0.2, 0) is 0 Å². The second-order valence-electron chi connectivity index (χ2n) is 8.78. The van der Waals surface area contributed by atoms with E-state index in [9.17, 15) is 4.79 Å². The van der Waals surface area contributed by atoms with E-state index in [1.165, 1.54) is 24.6 Å². The number of carbonyl (C=O) groups is 1. The highest BCUT2D eigenvalue weighted by Crippen LogP contribution is 2.44. The van der Waals surface area contributed by atoms with Gasteiger partial charge in [-0.2, -0.15) is 0 Å². The summed E-state index contributed by atoms with van der Waals surface area (Å²) < 4.78 is 0. The third kappa shape index (κ3) is 4.90. The number of nitrogens with zero attached hydrogens (tertiary/aromatic N) is 4. The summed E-state index contributed by atoms with van der Waals surface area (Å²) >= 11 is 0. The van der Waals surface area contributed by atoms with E-state index in [1.807, 2.05) is 30.5 Å². The monoisotopic (exact) mass is 443 g/mol. The molecule has 2 aromatic heterocycles. The number of nitrogens with two attached hydrogens (primary N) is 1. The van der Waals surface area contributed by atoms with Gasteiger partial charge >= 0.3 is 0 Å². The number of hydrogen-bond acceptors (Lipinski definition) is 7. The Morgan fingerprint density at radius 2 is 1.70 bits per heavy atom. The Balaban J connectivity index is 1.34. The van der Waals surface area contributed by atoms with Crippen LogP contribution in [0.15, 0.2) is 54.9 Å². The highest BCUT2D eigenvalue weighted by molar-refractivity contribution is 5.99. The summed E-state index contributed by atoms with van der Waals surface area (Å²) in [4.78, 5) is 25.6. The lowest BCUT2D eigenvalue weighted by Crippen LogP contribution is -2.44. The summed E-state index contributed by atoms with van der Waals surface area (Å²) in [5.41, 5.74) is 9.97. The Labute approximate surface area is 193 Å². The number of piperazine rings is 1. The number of nitrogens with one attached hydrogen (secondary N) is 2. The molecule has 1 aliphatic heterocycles. The molecule has 2 aliphatic rings. The Kier molecular flexibility index (Phi) is 5.83. The fraction of sp³-hybridized carbons (Fsp3) is 0.320. The van der Waals surface area contributed by atoms with E-state index in [0.717, 1.165) is 37.6 Å². The molecule has 3 heterocycles. The molecule has 3 aromatic rings. The van der Waals surface area contributed by atoms with Gasteiger partial charge in [-0.3, -0.25) is 4.79 Å². The van der Waals surface area contributed by atoms with E-state index in [0.29, 0.717) is 28.8 Å². The van der Waals surface area contributed by atoms with Crippen molar-refractivity contribution in [3.63, 3.8) is 0 Å². The lowest BCUT2D eigenvalue weighted by Gasteiger charge is -2.33. The van der Waals surface area contributed by atoms with Crippen molar-refractivity contribution in [2.75, 3.05) is 48.8 Å². The van der Waals surface area contributed by atoms with Gasteiger partial charge in [0.05, 0.1) is 23.1 Å². The maximum atomic E-state index is 12.0. The topological polar surface area (TPSA) is 99.4 Å². The van der Waals surface area contributed by atoms with Gasteiger partial charge in [-0.05, 0) is 49.6 Å². The Morgan fingerprint density at radius 1 is 0.939 bits per heavy atom. The summed E-state index contributed by atoms with van der Waals surface area (Å²) in [7, 11) is 2.15. The zero-order chi connectivity index (χ0) is 22.8. The fourth-order valence-electron chi connectivity index (χ4n) is 4.17. The lowest BCUT2D eigenvalue weighted by atomic mass is 10.1. The van der Waals surface area contributed by atoms with Crippen LogP contribution in [0.2, 0.25) is 0 Å². The Hall–Kier alpha value is -3.65. The molecule has 1 saturated heterocycles. The minimum absolute atomic E-state index is 0.351. The second kappa shape index (κ2) is 9.07. The predicted octanol–water partition coefficient (Wildman–Crippen LogP) is 3.69. The van der Waals surface area contributed by atoms with Crippen LogP contribution in [0.25, 0.3) is 0 Å². The van der Waals surface area contributed by atoms with Crippen molar-refractivity contribution < 1.29 is 4.79 Å². The number of carbonyl (C=O) groups excluding carboxylic acids is 1. The quantitative estimate of drug-likeness (QED) is 0.512. The molecule has 0 unspecified atom stereocenters. The number of aromatic nitrogens is 2. The van der Waals surface area contributed by atoms with E-state index in [-0.39, 0.29) is 0 Å². The molecule has 170 valence electrons. The number of para-hydroxylation sites is 1. The molecule has 1 amide bonds. The molecule has 5 rings (SSSR count). The van der Waals surface area contributed by atoms with Gasteiger partial charge in [0.2, 0.25) is 0 Å². The van der Waals surface area contributed by atoms with Crippen LogP contribution in [0.5, 0.6) is 0 Å². The Bertz CT molecular complexity index is 1140. The van der Waals surface area contributed by atoms with Crippen LogP contribution in [0.4, 0.5) is 28.7 Å². The van der Waals surface area contributed by atoms with Crippen molar-refractivity contribution in [2.24, 2.45) is 5.73 Å². The molecular formula is C25H29N7O. The number of rotatable bonds is 7. The highest BCUT2D eigenvalue weighted by atomic mass is 16.1. The maximum absolute atomic E-state index is 12.0. The lowest BCUT2D eigenvalue weighted by molar-refractivity contribution is 0.100. The van der Waals surface area contributed by atoms with Crippen LogP contribution in [-0.4, -0.2) is 54.0 Å². The van der Waals surface area contributed by atoms with Gasteiger partial charge in [-0.1, -0.05) is 18.2 Å². The molecular weight excluding hydrogens is 414 g/mol. The normalized spacial score (nSPS) is 16.5. The van der Waals surface area contributed by atoms with Gasteiger partial charge < -0.3 is 26.2 Å². The number of likely N-dealkylation sites (N-methyl/N-ethyl adjacent to an activating group) is 1. The zero-order valence-corrected chi connectivity index (χ0v) is 18.8.